The van der Waals surface area contributed by atoms with Crippen molar-refractivity contribution in [3.8, 4) is 5.75 Å². The number of carbonyl (C=O) groups is 3. The van der Waals surface area contributed by atoms with Crippen molar-refractivity contribution in [2.24, 2.45) is 4.99 Å². The average Bonchev–Trinajstić information content (AvgIpc) is 2.82. The summed E-state index contributed by atoms with van der Waals surface area (Å²) in [5, 5.41) is 3.34. The maximum Gasteiger partial charge on any atom is 0.501 e. The number of hydrogen-bond acceptors (Lipinski definition) is 5. The summed E-state index contributed by atoms with van der Waals surface area (Å²) in [7, 11) is 1.56. The van der Waals surface area contributed by atoms with Crippen molar-refractivity contribution in [2.45, 2.75) is 12.6 Å². The normalized spacial score (nSPS) is 17.3. The molecule has 33 heavy (non-hydrogen) atoms. The molecule has 0 radical (unpaired) electrons. The molecule has 1 atom stereocenters. The van der Waals surface area contributed by atoms with E-state index in [2.05, 4.69) is 10.3 Å². The van der Waals surface area contributed by atoms with Crippen molar-refractivity contribution in [1.82, 2.24) is 4.90 Å². The number of imide groups is 1. The van der Waals surface area contributed by atoms with Crippen LogP contribution in [0.15, 0.2) is 59.6 Å². The van der Waals surface area contributed by atoms with Gasteiger partial charge in [-0.1, -0.05) is 35.3 Å². The third-order valence-electron chi connectivity index (χ3n) is 5.15. The highest BCUT2D eigenvalue weighted by molar-refractivity contribution is 6.42. The number of fused-ring (bicyclic) bond motifs is 1. The Morgan fingerprint density at radius 3 is 2.61 bits per heavy atom. The third-order valence-corrected chi connectivity index (χ3v) is 5.89. The molecule has 168 valence electrons. The Hall–Kier alpha value is -3.49. The van der Waals surface area contributed by atoms with Crippen LogP contribution >= 0.6 is 23.2 Å². The van der Waals surface area contributed by atoms with Gasteiger partial charge in [0, 0.05) is 11.9 Å². The molecule has 2 aliphatic rings. The lowest BCUT2D eigenvalue weighted by molar-refractivity contribution is -0.427. The Morgan fingerprint density at radius 2 is 1.91 bits per heavy atom. The summed E-state index contributed by atoms with van der Waals surface area (Å²) >= 11 is 11.9. The van der Waals surface area contributed by atoms with E-state index in [1.165, 1.54) is 16.9 Å². The van der Waals surface area contributed by atoms with E-state index in [0.29, 0.717) is 27.2 Å². The van der Waals surface area contributed by atoms with E-state index in [0.717, 1.165) is 10.5 Å². The molecule has 2 aromatic carbocycles. The zero-order valence-electron chi connectivity index (χ0n) is 17.5. The molecular formula is C23H19Cl2N4O4+. The minimum absolute atomic E-state index is 0.0373. The van der Waals surface area contributed by atoms with E-state index in [4.69, 9.17) is 27.9 Å². The van der Waals surface area contributed by atoms with Crippen molar-refractivity contribution in [2.75, 3.05) is 19.0 Å². The number of urea groups is 1. The van der Waals surface area contributed by atoms with Gasteiger partial charge in [0.15, 0.2) is 6.54 Å². The number of ether oxygens (including phenoxy) is 1. The minimum Gasteiger partial charge on any atom is -0.497 e. The predicted octanol–water partition coefficient (Wildman–Crippen LogP) is 3.57. The maximum absolute atomic E-state index is 13.3. The van der Waals surface area contributed by atoms with Gasteiger partial charge in [-0.15, -0.1) is 0 Å². The number of methoxy groups -OCH3 is 1. The van der Waals surface area contributed by atoms with Gasteiger partial charge in [-0.25, -0.2) is 4.79 Å². The fourth-order valence-electron chi connectivity index (χ4n) is 3.51. The standard InChI is InChI=1S/C23H18Cl2N4O4/c1-33-16-7-4-14(5-8-16)12-29-22(31)21-19(3-2-10-26-21)28(23(29)32)13-20(30)27-15-6-9-17(24)18(25)11-15/h2-11,21H,12-13H2,1H3/p+1. The first kappa shape index (κ1) is 22.7. The second-order valence-electron chi connectivity index (χ2n) is 7.30. The Kier molecular flexibility index (Phi) is 6.57. The molecule has 2 aromatic rings. The number of halogens is 2. The molecule has 0 saturated heterocycles. The molecular weight excluding hydrogens is 467 g/mol. The third kappa shape index (κ3) is 4.81. The van der Waals surface area contributed by atoms with E-state index < -0.39 is 23.9 Å². The number of dihydropyridines is 1. The van der Waals surface area contributed by atoms with Gasteiger partial charge in [0.2, 0.25) is 6.04 Å². The summed E-state index contributed by atoms with van der Waals surface area (Å²) in [5.74, 6) is -0.254. The summed E-state index contributed by atoms with van der Waals surface area (Å²) in [6, 6.07) is 10.2. The molecule has 10 heteroatoms. The number of anilines is 1. The van der Waals surface area contributed by atoms with Crippen molar-refractivity contribution in [3.05, 3.63) is 70.2 Å². The van der Waals surface area contributed by atoms with E-state index in [1.54, 1.807) is 55.7 Å². The fraction of sp³-hybridized carbons (Fsp3) is 0.174. The van der Waals surface area contributed by atoms with Crippen molar-refractivity contribution >= 4 is 58.7 Å². The number of benzene rings is 2. The number of hydrogen-bond donors (Lipinski definition) is 1. The van der Waals surface area contributed by atoms with Crippen molar-refractivity contribution in [3.63, 3.8) is 0 Å². The molecule has 0 spiro atoms. The first-order valence-corrected chi connectivity index (χ1v) is 10.7. The zero-order valence-corrected chi connectivity index (χ0v) is 19.0. The fourth-order valence-corrected chi connectivity index (χ4v) is 3.80. The molecule has 4 rings (SSSR count). The molecule has 0 bridgehead atoms. The van der Waals surface area contributed by atoms with Crippen LogP contribution in [0, 0.1) is 0 Å². The van der Waals surface area contributed by atoms with Gasteiger partial charge >= 0.3 is 11.9 Å². The molecule has 2 heterocycles. The lowest BCUT2D eigenvalue weighted by Crippen LogP contribution is -2.57. The van der Waals surface area contributed by atoms with Crippen LogP contribution in [0.3, 0.4) is 0 Å². The van der Waals surface area contributed by atoms with E-state index in [9.17, 15) is 14.4 Å². The Morgan fingerprint density at radius 1 is 1.15 bits per heavy atom. The van der Waals surface area contributed by atoms with E-state index in [-0.39, 0.29) is 13.1 Å². The van der Waals surface area contributed by atoms with Gasteiger partial charge in [0.1, 0.15) is 18.0 Å². The van der Waals surface area contributed by atoms with E-state index in [1.807, 2.05) is 0 Å². The van der Waals surface area contributed by atoms with Gasteiger partial charge in [-0.3, -0.25) is 9.79 Å². The zero-order chi connectivity index (χ0) is 23.5. The second-order valence-corrected chi connectivity index (χ2v) is 8.12. The van der Waals surface area contributed by atoms with Crippen LogP contribution in [0.25, 0.3) is 0 Å². The molecule has 4 amide bonds. The number of carbonyl (C=O) groups excluding carboxylic acids is 3. The van der Waals surface area contributed by atoms with Crippen molar-refractivity contribution < 1.29 is 23.7 Å². The molecule has 0 fully saturated rings. The molecule has 1 N–H and O–H groups in total. The van der Waals surface area contributed by atoms with Gasteiger partial charge in [0.25, 0.3) is 5.91 Å². The first-order chi connectivity index (χ1) is 15.9. The number of amides is 4. The topological polar surface area (TPSA) is 91.1 Å². The number of nitrogens with one attached hydrogen (secondary N) is 1. The maximum atomic E-state index is 13.3. The van der Waals surface area contributed by atoms with Gasteiger partial charge < -0.3 is 10.1 Å². The summed E-state index contributed by atoms with van der Waals surface area (Å²) in [6.45, 7) is -0.271. The van der Waals surface area contributed by atoms with E-state index >= 15 is 0 Å². The highest BCUT2D eigenvalue weighted by atomic mass is 35.5. The number of aliphatic imine (C=N–C) groups is 1. The quantitative estimate of drug-likeness (QED) is 0.633. The van der Waals surface area contributed by atoms with Crippen LogP contribution in [0.4, 0.5) is 10.5 Å². The highest BCUT2D eigenvalue weighted by Gasteiger charge is 2.48. The summed E-state index contributed by atoms with van der Waals surface area (Å²) in [4.78, 5) is 44.4. The number of rotatable bonds is 6. The molecule has 0 saturated carbocycles. The van der Waals surface area contributed by atoms with Crippen LogP contribution in [-0.4, -0.2) is 58.9 Å². The van der Waals surface area contributed by atoms with Crippen LogP contribution in [0.2, 0.25) is 10.0 Å². The number of allylic oxidation sites excluding steroid dienone is 1. The molecule has 2 aliphatic heterocycles. The molecule has 8 nitrogen and oxygen atoms in total. The van der Waals surface area contributed by atoms with Gasteiger partial charge in [-0.2, -0.15) is 14.3 Å². The van der Waals surface area contributed by atoms with Gasteiger partial charge in [0.05, 0.1) is 17.2 Å². The largest absolute Gasteiger partial charge is 0.501 e. The average molecular weight is 486 g/mol. The van der Waals surface area contributed by atoms with Crippen LogP contribution in [0.1, 0.15) is 5.56 Å². The Balaban J connectivity index is 1.59. The summed E-state index contributed by atoms with van der Waals surface area (Å²) < 4.78 is 6.41. The summed E-state index contributed by atoms with van der Waals surface area (Å²) in [6.07, 6.45) is 4.74. The Bertz CT molecular complexity index is 1220. The lowest BCUT2D eigenvalue weighted by Gasteiger charge is -2.26. The molecule has 0 aliphatic carbocycles. The number of nitrogens with zero attached hydrogens (tertiary/aromatic N) is 3. The van der Waals surface area contributed by atoms with Gasteiger partial charge in [-0.05, 0) is 48.0 Å². The Labute approximate surface area is 199 Å². The second kappa shape index (κ2) is 9.56. The minimum atomic E-state index is -0.899. The van der Waals surface area contributed by atoms with Crippen molar-refractivity contribution in [1.29, 1.82) is 0 Å². The molecule has 0 aromatic heterocycles. The SMILES string of the molecule is COc1ccc(CN2C(=O)C3N=CC=CC3=[N+](CC(=O)Nc3ccc(Cl)c(Cl)c3)C2=O)cc1. The highest BCUT2D eigenvalue weighted by Crippen LogP contribution is 2.25. The smallest absolute Gasteiger partial charge is 0.497 e. The van der Waals surface area contributed by atoms with Crippen LogP contribution < -0.4 is 10.1 Å². The van der Waals surface area contributed by atoms with Crippen LogP contribution in [0.5, 0.6) is 5.75 Å². The first-order valence-electron chi connectivity index (χ1n) is 9.95. The predicted molar refractivity (Wildman–Crippen MR) is 126 cm³/mol. The van der Waals surface area contributed by atoms with Crippen LogP contribution in [-0.2, 0) is 16.1 Å². The molecule has 1 unspecified atom stereocenters. The monoisotopic (exact) mass is 485 g/mol. The lowest BCUT2D eigenvalue weighted by atomic mass is 10.0. The summed E-state index contributed by atoms with van der Waals surface area (Å²) in [5.41, 5.74) is 1.52.